The fourth-order valence-corrected chi connectivity index (χ4v) is 2.54. The number of carbonyl (C=O) groups is 1. The lowest BCUT2D eigenvalue weighted by Gasteiger charge is -2.07. The first-order valence-electron chi connectivity index (χ1n) is 4.88. The van der Waals surface area contributed by atoms with Crippen LogP contribution < -0.4 is 0 Å². The number of esters is 1. The van der Waals surface area contributed by atoms with E-state index in [2.05, 4.69) is 25.7 Å². The smallest absolute Gasteiger partial charge is 0.356 e. The highest BCUT2D eigenvalue weighted by Gasteiger charge is 2.14. The molecule has 0 saturated heterocycles. The molecule has 0 amide bonds. The molecular formula is C12H9BrClNO2. The minimum absolute atomic E-state index is 0.214. The van der Waals surface area contributed by atoms with Crippen LogP contribution in [-0.2, 0) is 4.74 Å². The van der Waals surface area contributed by atoms with Crippen LogP contribution in [0.3, 0.4) is 0 Å². The van der Waals surface area contributed by atoms with Crippen molar-refractivity contribution in [2.45, 2.75) is 6.92 Å². The second-order valence-electron chi connectivity index (χ2n) is 3.57. The molecule has 0 aliphatic heterocycles. The van der Waals surface area contributed by atoms with E-state index in [0.717, 1.165) is 15.4 Å². The van der Waals surface area contributed by atoms with E-state index in [1.807, 2.05) is 19.1 Å². The van der Waals surface area contributed by atoms with E-state index in [1.165, 1.54) is 13.2 Å². The monoisotopic (exact) mass is 313 g/mol. The predicted octanol–water partition coefficient (Wildman–Crippen LogP) is 3.75. The Balaban J connectivity index is 2.82. The summed E-state index contributed by atoms with van der Waals surface area (Å²) in [5, 5.41) is 1.28. The van der Waals surface area contributed by atoms with E-state index in [4.69, 9.17) is 11.6 Å². The molecule has 88 valence electrons. The summed E-state index contributed by atoms with van der Waals surface area (Å²) in [5.74, 6) is -0.492. The van der Waals surface area contributed by atoms with Crippen LogP contribution in [-0.4, -0.2) is 18.1 Å². The van der Waals surface area contributed by atoms with Crippen LogP contribution in [0.5, 0.6) is 0 Å². The van der Waals surface area contributed by atoms with Gasteiger partial charge in [0.05, 0.1) is 17.6 Å². The van der Waals surface area contributed by atoms with E-state index in [0.29, 0.717) is 10.5 Å². The molecule has 17 heavy (non-hydrogen) atoms. The molecular weight excluding hydrogens is 305 g/mol. The summed E-state index contributed by atoms with van der Waals surface area (Å²) in [6.45, 7) is 1.92. The van der Waals surface area contributed by atoms with Crippen molar-refractivity contribution in [2.24, 2.45) is 0 Å². The maximum absolute atomic E-state index is 11.5. The van der Waals surface area contributed by atoms with E-state index in [-0.39, 0.29) is 5.69 Å². The van der Waals surface area contributed by atoms with Crippen molar-refractivity contribution in [3.63, 3.8) is 0 Å². The number of halogens is 2. The highest BCUT2D eigenvalue weighted by Crippen LogP contribution is 2.32. The molecule has 0 N–H and O–H groups in total. The molecule has 0 atom stereocenters. The number of nitrogens with zero attached hydrogens (tertiary/aromatic N) is 1. The van der Waals surface area contributed by atoms with Crippen molar-refractivity contribution in [3.8, 4) is 0 Å². The van der Waals surface area contributed by atoms with Crippen LogP contribution in [0.1, 0.15) is 16.1 Å². The summed E-state index contributed by atoms with van der Waals surface area (Å²) in [6.07, 6.45) is 0. The molecule has 1 aromatic heterocycles. The molecule has 0 aliphatic rings. The highest BCUT2D eigenvalue weighted by atomic mass is 79.9. The molecule has 0 bridgehead atoms. The molecule has 3 nitrogen and oxygen atoms in total. The number of rotatable bonds is 1. The largest absolute Gasteiger partial charge is 0.464 e. The number of hydrogen-bond acceptors (Lipinski definition) is 3. The first kappa shape index (κ1) is 12.3. The molecule has 2 aromatic rings. The van der Waals surface area contributed by atoms with Crippen molar-refractivity contribution in [1.29, 1.82) is 0 Å². The number of hydrogen-bond donors (Lipinski definition) is 0. The predicted molar refractivity (Wildman–Crippen MR) is 70.5 cm³/mol. The molecule has 2 rings (SSSR count). The number of fused-ring (bicyclic) bond motifs is 1. The Labute approximate surface area is 112 Å². The molecule has 0 unspecified atom stereocenters. The van der Waals surface area contributed by atoms with Gasteiger partial charge in [-0.25, -0.2) is 9.78 Å². The van der Waals surface area contributed by atoms with E-state index >= 15 is 0 Å². The van der Waals surface area contributed by atoms with Crippen LogP contribution in [0.2, 0.25) is 5.02 Å². The third-order valence-electron chi connectivity index (χ3n) is 2.46. The van der Waals surface area contributed by atoms with Crippen molar-refractivity contribution in [3.05, 3.63) is 39.0 Å². The zero-order chi connectivity index (χ0) is 12.6. The summed E-state index contributed by atoms with van der Waals surface area (Å²) >= 11 is 9.58. The zero-order valence-corrected chi connectivity index (χ0v) is 11.6. The number of benzene rings is 1. The van der Waals surface area contributed by atoms with Crippen LogP contribution in [0.15, 0.2) is 22.7 Å². The van der Waals surface area contributed by atoms with E-state index in [1.54, 1.807) is 0 Å². The summed E-state index contributed by atoms with van der Waals surface area (Å²) < 4.78 is 5.49. The number of aryl methyl sites for hydroxylation is 1. The van der Waals surface area contributed by atoms with Gasteiger partial charge in [-0.05, 0) is 24.6 Å². The van der Waals surface area contributed by atoms with Crippen LogP contribution >= 0.6 is 27.5 Å². The number of aromatic nitrogens is 1. The molecule has 1 aromatic carbocycles. The van der Waals surface area contributed by atoms with Crippen molar-refractivity contribution in [2.75, 3.05) is 7.11 Å². The zero-order valence-electron chi connectivity index (χ0n) is 9.25. The average Bonchev–Trinajstić information content (AvgIpc) is 2.32. The number of carbonyl (C=O) groups excluding carboxylic acids is 1. The number of methoxy groups -OCH3 is 1. The molecule has 0 spiro atoms. The fraction of sp³-hybridized carbons (Fsp3) is 0.167. The Morgan fingerprint density at radius 3 is 2.82 bits per heavy atom. The second kappa shape index (κ2) is 4.63. The number of pyridine rings is 1. The van der Waals surface area contributed by atoms with Crippen molar-refractivity contribution < 1.29 is 9.53 Å². The van der Waals surface area contributed by atoms with Gasteiger partial charge in [-0.15, -0.1) is 0 Å². The maximum Gasteiger partial charge on any atom is 0.356 e. The minimum atomic E-state index is -0.492. The molecule has 0 radical (unpaired) electrons. The van der Waals surface area contributed by atoms with Gasteiger partial charge in [0.25, 0.3) is 0 Å². The topological polar surface area (TPSA) is 39.2 Å². The van der Waals surface area contributed by atoms with Crippen LogP contribution in [0.25, 0.3) is 10.9 Å². The molecule has 1 heterocycles. The molecule has 5 heteroatoms. The van der Waals surface area contributed by atoms with Gasteiger partial charge in [-0.1, -0.05) is 33.6 Å². The molecule has 0 saturated carbocycles. The third-order valence-corrected chi connectivity index (χ3v) is 3.42. The Bertz CT molecular complexity index is 613. The van der Waals surface area contributed by atoms with Gasteiger partial charge in [-0.2, -0.15) is 0 Å². The molecule has 0 aliphatic carbocycles. The first-order chi connectivity index (χ1) is 8.04. The Kier molecular flexibility index (Phi) is 3.35. The average molecular weight is 315 g/mol. The molecule has 0 fully saturated rings. The normalized spacial score (nSPS) is 10.6. The van der Waals surface area contributed by atoms with Gasteiger partial charge in [-0.3, -0.25) is 0 Å². The summed E-state index contributed by atoms with van der Waals surface area (Å²) in [4.78, 5) is 15.7. The van der Waals surface area contributed by atoms with Gasteiger partial charge in [0, 0.05) is 9.86 Å². The van der Waals surface area contributed by atoms with Gasteiger partial charge < -0.3 is 4.74 Å². The second-order valence-corrected chi connectivity index (χ2v) is 4.83. The summed E-state index contributed by atoms with van der Waals surface area (Å²) in [5.41, 5.74) is 1.87. The lowest BCUT2D eigenvalue weighted by Crippen LogP contribution is -2.05. The number of ether oxygens (including phenoxy) is 1. The van der Waals surface area contributed by atoms with Crippen LogP contribution in [0, 0.1) is 6.92 Å². The van der Waals surface area contributed by atoms with Gasteiger partial charge >= 0.3 is 5.97 Å². The Hall–Kier alpha value is -1.13. The quantitative estimate of drug-likeness (QED) is 0.753. The summed E-state index contributed by atoms with van der Waals surface area (Å²) in [7, 11) is 1.32. The van der Waals surface area contributed by atoms with Gasteiger partial charge in [0.1, 0.15) is 0 Å². The van der Waals surface area contributed by atoms with E-state index in [9.17, 15) is 4.79 Å². The van der Waals surface area contributed by atoms with Crippen LogP contribution in [0.4, 0.5) is 0 Å². The van der Waals surface area contributed by atoms with Crippen molar-refractivity contribution in [1.82, 2.24) is 4.98 Å². The first-order valence-corrected chi connectivity index (χ1v) is 6.05. The standard InChI is InChI=1S/C12H9BrClNO2/c1-6-3-4-7(13)10-8(14)5-9(12(16)17-2)15-11(6)10/h3-5H,1-2H3. The lowest BCUT2D eigenvalue weighted by atomic mass is 10.1. The lowest BCUT2D eigenvalue weighted by molar-refractivity contribution is 0.0594. The fourth-order valence-electron chi connectivity index (χ4n) is 1.60. The Morgan fingerprint density at radius 1 is 1.47 bits per heavy atom. The van der Waals surface area contributed by atoms with Crippen molar-refractivity contribution >= 4 is 44.4 Å². The minimum Gasteiger partial charge on any atom is -0.464 e. The maximum atomic E-state index is 11.5. The van der Waals surface area contributed by atoms with E-state index < -0.39 is 5.97 Å². The highest BCUT2D eigenvalue weighted by molar-refractivity contribution is 9.10. The third kappa shape index (κ3) is 2.15. The summed E-state index contributed by atoms with van der Waals surface area (Å²) in [6, 6.07) is 5.33. The van der Waals surface area contributed by atoms with Gasteiger partial charge in [0.2, 0.25) is 0 Å². The van der Waals surface area contributed by atoms with Gasteiger partial charge in [0.15, 0.2) is 5.69 Å². The Morgan fingerprint density at radius 2 is 2.18 bits per heavy atom. The SMILES string of the molecule is COC(=O)c1cc(Cl)c2c(Br)ccc(C)c2n1.